The van der Waals surface area contributed by atoms with Crippen LogP contribution >= 0.6 is 0 Å². The number of rotatable bonds is 2. The second kappa shape index (κ2) is 4.28. The lowest BCUT2D eigenvalue weighted by molar-refractivity contribution is 0.277. The molecule has 3 N–H and O–H groups in total. The largest absolute Gasteiger partial charge is 0.390 e. The van der Waals surface area contributed by atoms with E-state index in [0.29, 0.717) is 5.69 Å². The fraction of sp³-hybridized carbons (Fsp3) is 0.167. The van der Waals surface area contributed by atoms with Crippen LogP contribution in [0, 0.1) is 6.92 Å². The van der Waals surface area contributed by atoms with Crippen LogP contribution in [0.5, 0.6) is 0 Å². The third-order valence-electron chi connectivity index (χ3n) is 2.37. The van der Waals surface area contributed by atoms with E-state index in [-0.39, 0.29) is 12.4 Å². The second-order valence-electron chi connectivity index (χ2n) is 3.61. The highest BCUT2D eigenvalue weighted by Crippen LogP contribution is 2.18. The molecule has 0 bridgehead atoms. The molecule has 4 heteroatoms. The van der Waals surface area contributed by atoms with Crippen LogP contribution in [-0.2, 0) is 6.61 Å². The Morgan fingerprint density at radius 3 is 2.56 bits per heavy atom. The Labute approximate surface area is 93.8 Å². The van der Waals surface area contributed by atoms with E-state index < -0.39 is 0 Å². The number of aryl methyl sites for hydroxylation is 1. The number of anilines is 1. The number of benzene rings is 1. The molecule has 1 heterocycles. The van der Waals surface area contributed by atoms with Gasteiger partial charge in [0.2, 0.25) is 0 Å². The highest BCUT2D eigenvalue weighted by molar-refractivity contribution is 5.59. The maximum Gasteiger partial charge on any atom is 0.147 e. The molecule has 0 saturated heterocycles. The maximum atomic E-state index is 9.05. The summed E-state index contributed by atoms with van der Waals surface area (Å²) in [6.07, 6.45) is 1.61. The summed E-state index contributed by atoms with van der Waals surface area (Å²) in [5, 5.41) is 9.05. The van der Waals surface area contributed by atoms with Crippen LogP contribution in [0.4, 0.5) is 5.82 Å². The van der Waals surface area contributed by atoms with Crippen molar-refractivity contribution >= 4 is 5.82 Å². The summed E-state index contributed by atoms with van der Waals surface area (Å²) in [5.74, 6) is 0.276. The van der Waals surface area contributed by atoms with Crippen molar-refractivity contribution in [3.8, 4) is 11.3 Å². The molecule has 0 spiro atoms. The molecule has 1 aromatic heterocycles. The van der Waals surface area contributed by atoms with Crippen molar-refractivity contribution < 1.29 is 5.11 Å². The molecule has 0 aliphatic carbocycles. The van der Waals surface area contributed by atoms with Crippen LogP contribution in [0.3, 0.4) is 0 Å². The lowest BCUT2D eigenvalue weighted by atomic mass is 10.1. The Hall–Kier alpha value is -1.94. The zero-order valence-electron chi connectivity index (χ0n) is 9.01. The lowest BCUT2D eigenvalue weighted by Crippen LogP contribution is -2.02. The highest BCUT2D eigenvalue weighted by atomic mass is 16.3. The van der Waals surface area contributed by atoms with Gasteiger partial charge in [-0.25, -0.2) is 9.97 Å². The average Bonchev–Trinajstić information content (AvgIpc) is 2.31. The van der Waals surface area contributed by atoms with Crippen LogP contribution in [0.15, 0.2) is 30.5 Å². The predicted octanol–water partition coefficient (Wildman–Crippen LogP) is 1.53. The number of aliphatic hydroxyl groups is 1. The lowest BCUT2D eigenvalue weighted by Gasteiger charge is -2.05. The number of nitrogens with zero attached hydrogens (tertiary/aromatic N) is 2. The number of aromatic nitrogens is 2. The minimum absolute atomic E-state index is 0.196. The van der Waals surface area contributed by atoms with Gasteiger partial charge >= 0.3 is 0 Å². The summed E-state index contributed by atoms with van der Waals surface area (Å²) in [5.41, 5.74) is 8.86. The molecule has 1 aromatic carbocycles. The van der Waals surface area contributed by atoms with E-state index in [1.165, 1.54) is 5.56 Å². The zero-order chi connectivity index (χ0) is 11.5. The Morgan fingerprint density at radius 2 is 1.94 bits per heavy atom. The molecule has 16 heavy (non-hydrogen) atoms. The SMILES string of the molecule is Cc1ccc(-c2cnc(N)c(CO)n2)cc1. The molecule has 0 atom stereocenters. The van der Waals surface area contributed by atoms with Crippen LogP contribution in [0.25, 0.3) is 11.3 Å². The van der Waals surface area contributed by atoms with Gasteiger partial charge in [-0.2, -0.15) is 0 Å². The normalized spacial score (nSPS) is 10.4. The van der Waals surface area contributed by atoms with E-state index in [9.17, 15) is 0 Å². The van der Waals surface area contributed by atoms with Crippen LogP contribution < -0.4 is 5.73 Å². The van der Waals surface area contributed by atoms with Gasteiger partial charge in [-0.3, -0.25) is 0 Å². The second-order valence-corrected chi connectivity index (χ2v) is 3.61. The maximum absolute atomic E-state index is 9.05. The summed E-state index contributed by atoms with van der Waals surface area (Å²) in [6.45, 7) is 1.83. The first kappa shape index (κ1) is 10.6. The molecule has 0 radical (unpaired) electrons. The van der Waals surface area contributed by atoms with Gasteiger partial charge in [0.1, 0.15) is 11.5 Å². The van der Waals surface area contributed by atoms with Crippen molar-refractivity contribution in [3.05, 3.63) is 41.7 Å². The Morgan fingerprint density at radius 1 is 1.25 bits per heavy atom. The van der Waals surface area contributed by atoms with Crippen LogP contribution in [0.2, 0.25) is 0 Å². The van der Waals surface area contributed by atoms with Gasteiger partial charge in [-0.05, 0) is 6.92 Å². The summed E-state index contributed by atoms with van der Waals surface area (Å²) in [7, 11) is 0. The topological polar surface area (TPSA) is 72.0 Å². The minimum Gasteiger partial charge on any atom is -0.390 e. The predicted molar refractivity (Wildman–Crippen MR) is 62.5 cm³/mol. The molecule has 0 fully saturated rings. The molecule has 0 aliphatic rings. The monoisotopic (exact) mass is 215 g/mol. The van der Waals surface area contributed by atoms with Crippen molar-refractivity contribution in [3.63, 3.8) is 0 Å². The van der Waals surface area contributed by atoms with Crippen molar-refractivity contribution in [2.45, 2.75) is 13.5 Å². The molecule has 2 aromatic rings. The molecule has 0 aliphatic heterocycles. The van der Waals surface area contributed by atoms with Gasteiger partial charge in [0.25, 0.3) is 0 Å². The van der Waals surface area contributed by atoms with E-state index in [1.807, 2.05) is 31.2 Å². The van der Waals surface area contributed by atoms with Gasteiger partial charge < -0.3 is 10.8 Å². The van der Waals surface area contributed by atoms with Gasteiger partial charge in [-0.1, -0.05) is 29.8 Å². The Balaban J connectivity index is 2.44. The van der Waals surface area contributed by atoms with E-state index in [0.717, 1.165) is 11.3 Å². The van der Waals surface area contributed by atoms with Crippen molar-refractivity contribution in [2.75, 3.05) is 5.73 Å². The molecule has 2 rings (SSSR count). The van der Waals surface area contributed by atoms with Crippen LogP contribution in [-0.4, -0.2) is 15.1 Å². The molecule has 0 amide bonds. The van der Waals surface area contributed by atoms with Gasteiger partial charge in [-0.15, -0.1) is 0 Å². The number of nitrogen functional groups attached to an aromatic ring is 1. The summed E-state index contributed by atoms with van der Waals surface area (Å²) in [6, 6.07) is 7.95. The van der Waals surface area contributed by atoms with Gasteiger partial charge in [0.15, 0.2) is 0 Å². The first-order valence-corrected chi connectivity index (χ1v) is 5.00. The van der Waals surface area contributed by atoms with Crippen molar-refractivity contribution in [1.29, 1.82) is 0 Å². The van der Waals surface area contributed by atoms with E-state index in [2.05, 4.69) is 9.97 Å². The van der Waals surface area contributed by atoms with E-state index >= 15 is 0 Å². The summed E-state index contributed by atoms with van der Waals surface area (Å²) in [4.78, 5) is 8.26. The molecule has 82 valence electrons. The third-order valence-corrected chi connectivity index (χ3v) is 2.37. The van der Waals surface area contributed by atoms with Crippen molar-refractivity contribution in [1.82, 2.24) is 9.97 Å². The first-order chi connectivity index (χ1) is 7.70. The van der Waals surface area contributed by atoms with Gasteiger partial charge in [0.05, 0.1) is 18.5 Å². The van der Waals surface area contributed by atoms with Crippen LogP contribution in [0.1, 0.15) is 11.3 Å². The fourth-order valence-electron chi connectivity index (χ4n) is 1.42. The quantitative estimate of drug-likeness (QED) is 0.796. The standard InChI is InChI=1S/C12H13N3O/c1-8-2-4-9(5-3-8)10-6-14-12(13)11(7-16)15-10/h2-6,16H,7H2,1H3,(H2,13,14). The Kier molecular flexibility index (Phi) is 2.83. The molecule has 0 saturated carbocycles. The minimum atomic E-state index is -0.196. The molecular weight excluding hydrogens is 202 g/mol. The summed E-state index contributed by atoms with van der Waals surface area (Å²) < 4.78 is 0. The summed E-state index contributed by atoms with van der Waals surface area (Å²) >= 11 is 0. The van der Waals surface area contributed by atoms with Gasteiger partial charge in [0, 0.05) is 5.56 Å². The third kappa shape index (κ3) is 2.01. The van der Waals surface area contributed by atoms with E-state index in [1.54, 1.807) is 6.20 Å². The molecular formula is C12H13N3O. The number of hydrogen-bond donors (Lipinski definition) is 2. The zero-order valence-corrected chi connectivity index (χ0v) is 9.01. The number of aliphatic hydroxyl groups excluding tert-OH is 1. The molecule has 0 unspecified atom stereocenters. The van der Waals surface area contributed by atoms with Crippen molar-refractivity contribution in [2.24, 2.45) is 0 Å². The number of nitrogens with two attached hydrogens (primary N) is 1. The number of hydrogen-bond acceptors (Lipinski definition) is 4. The van der Waals surface area contributed by atoms with E-state index in [4.69, 9.17) is 10.8 Å². The smallest absolute Gasteiger partial charge is 0.147 e. The molecule has 4 nitrogen and oxygen atoms in total. The first-order valence-electron chi connectivity index (χ1n) is 5.00. The highest BCUT2D eigenvalue weighted by Gasteiger charge is 2.05. The fourth-order valence-corrected chi connectivity index (χ4v) is 1.42. The Bertz CT molecular complexity index is 494. The average molecular weight is 215 g/mol.